The van der Waals surface area contributed by atoms with Gasteiger partial charge in [0.25, 0.3) is 0 Å². The topological polar surface area (TPSA) is 58.9 Å². The normalized spacial score (nSPS) is 25.5. The lowest BCUT2D eigenvalue weighted by atomic mass is 9.90. The molecular formula is C12H24N6. The molecule has 102 valence electrons. The molecule has 1 aliphatic rings. The van der Waals surface area contributed by atoms with Gasteiger partial charge in [-0.05, 0) is 24.1 Å². The first-order valence-corrected chi connectivity index (χ1v) is 6.91. The maximum atomic E-state index is 4.25. The van der Waals surface area contributed by atoms with Crippen molar-refractivity contribution in [2.75, 3.05) is 19.6 Å². The van der Waals surface area contributed by atoms with Crippen molar-refractivity contribution >= 4 is 0 Å². The van der Waals surface area contributed by atoms with E-state index in [2.05, 4.69) is 39.5 Å². The number of likely N-dealkylation sites (tertiary alicyclic amines) is 1. The molecule has 6 nitrogen and oxygen atoms in total. The first kappa shape index (κ1) is 13.4. The Labute approximate surface area is 109 Å². The van der Waals surface area contributed by atoms with Crippen molar-refractivity contribution in [2.45, 2.75) is 39.3 Å². The van der Waals surface area contributed by atoms with Gasteiger partial charge in [-0.1, -0.05) is 20.3 Å². The molecule has 1 aromatic heterocycles. The zero-order chi connectivity index (χ0) is 13.0. The molecule has 2 heterocycles. The van der Waals surface area contributed by atoms with Gasteiger partial charge in [-0.3, -0.25) is 4.90 Å². The van der Waals surface area contributed by atoms with Gasteiger partial charge in [-0.15, -0.1) is 10.2 Å². The summed E-state index contributed by atoms with van der Waals surface area (Å²) in [4.78, 5) is 3.97. The number of nitrogens with one attached hydrogen (secondary N) is 1. The summed E-state index contributed by atoms with van der Waals surface area (Å²) in [7, 11) is 1.81. The van der Waals surface area contributed by atoms with Gasteiger partial charge in [0.15, 0.2) is 5.82 Å². The van der Waals surface area contributed by atoms with Gasteiger partial charge in [0.1, 0.15) is 0 Å². The van der Waals surface area contributed by atoms with E-state index in [0.29, 0.717) is 6.04 Å². The van der Waals surface area contributed by atoms with Crippen LogP contribution in [-0.2, 0) is 13.6 Å². The third-order valence-corrected chi connectivity index (χ3v) is 3.72. The third kappa shape index (κ3) is 3.26. The first-order chi connectivity index (χ1) is 8.72. The second kappa shape index (κ2) is 6.24. The molecule has 2 atom stereocenters. The van der Waals surface area contributed by atoms with E-state index < -0.39 is 0 Å². The van der Waals surface area contributed by atoms with Crippen molar-refractivity contribution in [1.82, 2.24) is 30.4 Å². The van der Waals surface area contributed by atoms with Crippen LogP contribution in [0, 0.1) is 5.92 Å². The SMILES string of the molecule is CCNC1CCN(Cc2nnn(C)n2)CC1CC. The number of nitrogens with zero attached hydrogens (tertiary/aromatic N) is 5. The molecule has 6 heteroatoms. The van der Waals surface area contributed by atoms with Crippen LogP contribution in [0.1, 0.15) is 32.5 Å². The molecule has 1 fully saturated rings. The third-order valence-electron chi connectivity index (χ3n) is 3.72. The summed E-state index contributed by atoms with van der Waals surface area (Å²) in [6.45, 7) is 8.59. The van der Waals surface area contributed by atoms with Gasteiger partial charge in [0, 0.05) is 19.1 Å². The number of rotatable bonds is 5. The minimum absolute atomic E-state index is 0.672. The average molecular weight is 252 g/mol. The quantitative estimate of drug-likeness (QED) is 0.823. The molecule has 0 radical (unpaired) electrons. The molecule has 1 N–H and O–H groups in total. The minimum Gasteiger partial charge on any atom is -0.314 e. The van der Waals surface area contributed by atoms with Crippen LogP contribution in [-0.4, -0.2) is 50.8 Å². The maximum absolute atomic E-state index is 4.25. The lowest BCUT2D eigenvalue weighted by Gasteiger charge is -2.38. The van der Waals surface area contributed by atoms with Gasteiger partial charge in [0.2, 0.25) is 0 Å². The lowest BCUT2D eigenvalue weighted by molar-refractivity contribution is 0.127. The summed E-state index contributed by atoms with van der Waals surface area (Å²) in [6, 6.07) is 0.672. The molecule has 1 aliphatic heterocycles. The molecule has 1 saturated heterocycles. The molecule has 0 bridgehead atoms. The van der Waals surface area contributed by atoms with E-state index in [1.54, 1.807) is 0 Å². The Morgan fingerprint density at radius 2 is 2.22 bits per heavy atom. The van der Waals surface area contributed by atoms with Gasteiger partial charge in [0.05, 0.1) is 13.6 Å². The van der Waals surface area contributed by atoms with Crippen LogP contribution >= 0.6 is 0 Å². The average Bonchev–Trinajstić information content (AvgIpc) is 2.77. The number of hydrogen-bond donors (Lipinski definition) is 1. The Bertz CT molecular complexity index is 363. The zero-order valence-electron chi connectivity index (χ0n) is 11.6. The van der Waals surface area contributed by atoms with E-state index >= 15 is 0 Å². The molecule has 0 amide bonds. The molecule has 2 rings (SSSR count). The van der Waals surface area contributed by atoms with Crippen molar-refractivity contribution in [3.05, 3.63) is 5.82 Å². The molecule has 2 unspecified atom stereocenters. The summed E-state index contributed by atoms with van der Waals surface area (Å²) in [5.74, 6) is 1.56. The van der Waals surface area contributed by atoms with Crippen LogP contribution in [0.4, 0.5) is 0 Å². The zero-order valence-corrected chi connectivity index (χ0v) is 11.6. The Kier molecular flexibility index (Phi) is 4.66. The van der Waals surface area contributed by atoms with E-state index in [1.165, 1.54) is 17.6 Å². The summed E-state index contributed by atoms with van der Waals surface area (Å²) in [5, 5.41) is 15.8. The number of aryl methyl sites for hydroxylation is 1. The van der Waals surface area contributed by atoms with Gasteiger partial charge < -0.3 is 5.32 Å². The number of tetrazole rings is 1. The highest BCUT2D eigenvalue weighted by Crippen LogP contribution is 2.21. The largest absolute Gasteiger partial charge is 0.314 e. The Morgan fingerprint density at radius 1 is 1.39 bits per heavy atom. The van der Waals surface area contributed by atoms with E-state index in [9.17, 15) is 0 Å². The summed E-state index contributed by atoms with van der Waals surface area (Å²) >= 11 is 0. The maximum Gasteiger partial charge on any atom is 0.188 e. The minimum atomic E-state index is 0.672. The number of aromatic nitrogens is 4. The fourth-order valence-electron chi connectivity index (χ4n) is 2.78. The van der Waals surface area contributed by atoms with Gasteiger partial charge in [-0.25, -0.2) is 0 Å². The molecule has 0 aromatic carbocycles. The highest BCUT2D eigenvalue weighted by atomic mass is 15.6. The highest BCUT2D eigenvalue weighted by Gasteiger charge is 2.27. The van der Waals surface area contributed by atoms with Crippen LogP contribution in [0.15, 0.2) is 0 Å². The van der Waals surface area contributed by atoms with Crippen molar-refractivity contribution in [1.29, 1.82) is 0 Å². The standard InChI is InChI=1S/C12H24N6/c1-4-10-8-18(7-6-11(10)13-5-2)9-12-14-16-17(3)15-12/h10-11,13H,4-9H2,1-3H3. The molecular weight excluding hydrogens is 228 g/mol. The number of piperidine rings is 1. The van der Waals surface area contributed by atoms with Crippen LogP contribution in [0.5, 0.6) is 0 Å². The highest BCUT2D eigenvalue weighted by molar-refractivity contribution is 4.87. The molecule has 1 aromatic rings. The van der Waals surface area contributed by atoms with Crippen LogP contribution in [0.2, 0.25) is 0 Å². The summed E-state index contributed by atoms with van der Waals surface area (Å²) < 4.78 is 0. The smallest absolute Gasteiger partial charge is 0.188 e. The van der Waals surface area contributed by atoms with E-state index in [-0.39, 0.29) is 0 Å². The Hall–Kier alpha value is -1.01. The van der Waals surface area contributed by atoms with Crippen LogP contribution < -0.4 is 5.32 Å². The predicted octanol–water partition coefficient (Wildman–Crippen LogP) is 0.420. The van der Waals surface area contributed by atoms with E-state index in [0.717, 1.165) is 37.9 Å². The molecule has 18 heavy (non-hydrogen) atoms. The van der Waals surface area contributed by atoms with E-state index in [4.69, 9.17) is 0 Å². The van der Waals surface area contributed by atoms with Crippen LogP contribution in [0.3, 0.4) is 0 Å². The van der Waals surface area contributed by atoms with Gasteiger partial charge >= 0.3 is 0 Å². The molecule has 0 saturated carbocycles. The fourth-order valence-corrected chi connectivity index (χ4v) is 2.78. The fraction of sp³-hybridized carbons (Fsp3) is 0.917. The molecule has 0 aliphatic carbocycles. The monoisotopic (exact) mass is 252 g/mol. The van der Waals surface area contributed by atoms with E-state index in [1.807, 2.05) is 7.05 Å². The lowest BCUT2D eigenvalue weighted by Crippen LogP contribution is -2.48. The predicted molar refractivity (Wildman–Crippen MR) is 69.9 cm³/mol. The van der Waals surface area contributed by atoms with Crippen molar-refractivity contribution in [3.63, 3.8) is 0 Å². The van der Waals surface area contributed by atoms with Crippen molar-refractivity contribution in [3.8, 4) is 0 Å². The van der Waals surface area contributed by atoms with Crippen molar-refractivity contribution < 1.29 is 0 Å². The van der Waals surface area contributed by atoms with Crippen LogP contribution in [0.25, 0.3) is 0 Å². The Balaban J connectivity index is 1.89. The second-order valence-electron chi connectivity index (χ2n) is 5.05. The number of hydrogen-bond acceptors (Lipinski definition) is 5. The van der Waals surface area contributed by atoms with Crippen molar-refractivity contribution in [2.24, 2.45) is 13.0 Å². The first-order valence-electron chi connectivity index (χ1n) is 6.91. The second-order valence-corrected chi connectivity index (χ2v) is 5.05. The van der Waals surface area contributed by atoms with Gasteiger partial charge in [-0.2, -0.15) is 4.80 Å². The summed E-state index contributed by atoms with van der Waals surface area (Å²) in [5.41, 5.74) is 0. The molecule has 0 spiro atoms. The Morgan fingerprint density at radius 3 is 2.83 bits per heavy atom. The summed E-state index contributed by atoms with van der Waals surface area (Å²) in [6.07, 6.45) is 2.44.